The van der Waals surface area contributed by atoms with E-state index in [1.54, 1.807) is 6.07 Å². The maximum atomic E-state index is 10.4. The van der Waals surface area contributed by atoms with Crippen molar-refractivity contribution in [1.82, 2.24) is 9.96 Å². The fraction of sp³-hybridized carbons (Fsp3) is 0.520. The molecule has 2 fully saturated rings. The molecule has 2 aromatic rings. The van der Waals surface area contributed by atoms with Gasteiger partial charge in [-0.2, -0.15) is 5.06 Å². The zero-order chi connectivity index (χ0) is 21.5. The first-order chi connectivity index (χ1) is 15.2. The van der Waals surface area contributed by atoms with E-state index in [-0.39, 0.29) is 0 Å². The number of likely N-dealkylation sites (tertiary alicyclic amines) is 1. The van der Waals surface area contributed by atoms with Crippen LogP contribution in [0, 0.1) is 0 Å². The van der Waals surface area contributed by atoms with Crippen LogP contribution in [0.3, 0.4) is 0 Å². The summed E-state index contributed by atoms with van der Waals surface area (Å²) in [5, 5.41) is 22.1. The van der Waals surface area contributed by atoms with Crippen LogP contribution in [0.15, 0.2) is 48.5 Å². The average Bonchev–Trinajstić information content (AvgIpc) is 2.80. The molecule has 1 atom stereocenters. The van der Waals surface area contributed by atoms with Gasteiger partial charge in [-0.1, -0.05) is 24.3 Å². The molecule has 1 unspecified atom stereocenters. The largest absolute Gasteiger partial charge is 0.508 e. The highest BCUT2D eigenvalue weighted by Gasteiger charge is 2.22. The fourth-order valence-electron chi connectivity index (χ4n) is 4.44. The summed E-state index contributed by atoms with van der Waals surface area (Å²) in [6.45, 7) is 5.40. The molecule has 2 heterocycles. The molecular formula is C25H34N2O4. The maximum Gasteiger partial charge on any atom is 0.119 e. The number of ether oxygens (including phenoxy) is 1. The van der Waals surface area contributed by atoms with Gasteiger partial charge in [0.25, 0.3) is 0 Å². The summed E-state index contributed by atoms with van der Waals surface area (Å²) in [5.74, 6) is 1.59. The van der Waals surface area contributed by atoms with E-state index in [2.05, 4.69) is 23.1 Å². The molecular weight excluding hydrogens is 392 g/mol. The third-order valence-corrected chi connectivity index (χ3v) is 6.20. The Kier molecular flexibility index (Phi) is 7.81. The minimum Gasteiger partial charge on any atom is -0.508 e. The summed E-state index contributed by atoms with van der Waals surface area (Å²) in [4.78, 5) is 7.95. The van der Waals surface area contributed by atoms with Crippen molar-refractivity contribution in [2.75, 3.05) is 39.4 Å². The summed E-state index contributed by atoms with van der Waals surface area (Å²) in [5.41, 5.74) is 2.41. The van der Waals surface area contributed by atoms with Crippen molar-refractivity contribution < 1.29 is 19.8 Å². The Labute approximate surface area is 185 Å². The Morgan fingerprint density at radius 1 is 1.03 bits per heavy atom. The predicted molar refractivity (Wildman–Crippen MR) is 120 cm³/mol. The monoisotopic (exact) mass is 426 g/mol. The molecule has 0 aliphatic carbocycles. The first-order valence-electron chi connectivity index (χ1n) is 11.4. The molecule has 0 radical (unpaired) electrons. The van der Waals surface area contributed by atoms with E-state index in [1.807, 2.05) is 29.3 Å². The van der Waals surface area contributed by atoms with Crippen molar-refractivity contribution in [3.05, 3.63) is 59.7 Å². The Morgan fingerprint density at radius 2 is 1.84 bits per heavy atom. The van der Waals surface area contributed by atoms with Gasteiger partial charge >= 0.3 is 0 Å². The van der Waals surface area contributed by atoms with E-state index in [0.717, 1.165) is 57.8 Å². The van der Waals surface area contributed by atoms with Crippen LogP contribution in [0.2, 0.25) is 0 Å². The van der Waals surface area contributed by atoms with Gasteiger partial charge in [0.15, 0.2) is 0 Å². The van der Waals surface area contributed by atoms with Gasteiger partial charge in [-0.15, -0.1) is 0 Å². The number of aliphatic hydroxyl groups excluding tert-OH is 1. The van der Waals surface area contributed by atoms with Crippen LogP contribution in [-0.4, -0.2) is 65.7 Å². The molecule has 0 amide bonds. The lowest BCUT2D eigenvalue weighted by atomic mass is 9.89. The third kappa shape index (κ3) is 6.68. The molecule has 2 aliphatic heterocycles. The topological polar surface area (TPSA) is 65.4 Å². The number of phenolic OH excluding ortho intramolecular Hbond substituents is 1. The van der Waals surface area contributed by atoms with Crippen molar-refractivity contribution in [2.45, 2.75) is 44.2 Å². The highest BCUT2D eigenvalue weighted by atomic mass is 16.7. The highest BCUT2D eigenvalue weighted by molar-refractivity contribution is 5.30. The van der Waals surface area contributed by atoms with Gasteiger partial charge in [0.05, 0.1) is 6.61 Å². The minimum atomic E-state index is -0.515. The quantitative estimate of drug-likeness (QED) is 0.673. The van der Waals surface area contributed by atoms with Crippen molar-refractivity contribution in [3.63, 3.8) is 0 Å². The number of β-amino-alcohol motifs (C(OH)–C–C–N with tert-alkyl or cyclic N) is 1. The Balaban J connectivity index is 1.16. The zero-order valence-corrected chi connectivity index (χ0v) is 18.2. The Hall–Kier alpha value is -2.12. The Bertz CT molecular complexity index is 799. The summed E-state index contributed by atoms with van der Waals surface area (Å²) < 4.78 is 5.81. The standard InChI is InChI=1S/C25H34N2O4/c28-23-5-3-4-22(16-23)21-10-13-26(14-11-21)18-24(29)19-30-25-8-6-20(7-9-25)17-27-12-1-2-15-31-27/h3-9,16,21,24,28-29H,1-2,10-15,17-19H2. The lowest BCUT2D eigenvalue weighted by molar-refractivity contribution is -0.187. The number of benzene rings is 2. The molecule has 2 aliphatic rings. The fourth-order valence-corrected chi connectivity index (χ4v) is 4.44. The minimum absolute atomic E-state index is 0.293. The lowest BCUT2D eigenvalue weighted by Crippen LogP contribution is -2.40. The molecule has 2 N–H and O–H groups in total. The van der Waals surface area contributed by atoms with Crippen LogP contribution in [-0.2, 0) is 11.4 Å². The van der Waals surface area contributed by atoms with E-state index in [1.165, 1.54) is 17.5 Å². The molecule has 2 saturated heterocycles. The van der Waals surface area contributed by atoms with Gasteiger partial charge in [0, 0.05) is 19.6 Å². The molecule has 0 aromatic heterocycles. The first-order valence-corrected chi connectivity index (χ1v) is 11.4. The van der Waals surface area contributed by atoms with Gasteiger partial charge in [-0.25, -0.2) is 0 Å². The molecule has 2 aromatic carbocycles. The summed E-state index contributed by atoms with van der Waals surface area (Å²) in [7, 11) is 0. The van der Waals surface area contributed by atoms with Gasteiger partial charge in [-0.05, 0) is 80.1 Å². The van der Waals surface area contributed by atoms with E-state index in [4.69, 9.17) is 9.57 Å². The SMILES string of the molecule is Oc1cccc(C2CCN(CC(O)COc3ccc(CN4CCCCO4)cc3)CC2)c1. The van der Waals surface area contributed by atoms with Crippen molar-refractivity contribution in [2.24, 2.45) is 0 Å². The number of piperidine rings is 1. The van der Waals surface area contributed by atoms with Crippen LogP contribution in [0.5, 0.6) is 11.5 Å². The number of hydrogen-bond acceptors (Lipinski definition) is 6. The molecule has 6 nitrogen and oxygen atoms in total. The molecule has 6 heteroatoms. The van der Waals surface area contributed by atoms with E-state index in [0.29, 0.717) is 24.8 Å². The van der Waals surface area contributed by atoms with Crippen LogP contribution < -0.4 is 4.74 Å². The molecule has 168 valence electrons. The van der Waals surface area contributed by atoms with Crippen molar-refractivity contribution in [3.8, 4) is 11.5 Å². The van der Waals surface area contributed by atoms with Crippen LogP contribution in [0.1, 0.15) is 42.7 Å². The van der Waals surface area contributed by atoms with Gasteiger partial charge in [-0.3, -0.25) is 4.84 Å². The molecule has 0 bridgehead atoms. The number of aliphatic hydroxyl groups is 1. The van der Waals surface area contributed by atoms with Crippen LogP contribution in [0.25, 0.3) is 0 Å². The highest BCUT2D eigenvalue weighted by Crippen LogP contribution is 2.29. The van der Waals surface area contributed by atoms with Crippen LogP contribution in [0.4, 0.5) is 0 Å². The molecule has 31 heavy (non-hydrogen) atoms. The smallest absolute Gasteiger partial charge is 0.119 e. The van der Waals surface area contributed by atoms with Crippen molar-refractivity contribution in [1.29, 1.82) is 0 Å². The van der Waals surface area contributed by atoms with Crippen LogP contribution >= 0.6 is 0 Å². The second-order valence-electron chi connectivity index (χ2n) is 8.68. The third-order valence-electron chi connectivity index (χ3n) is 6.20. The maximum absolute atomic E-state index is 10.4. The number of rotatable bonds is 8. The predicted octanol–water partition coefficient (Wildman–Crippen LogP) is 3.54. The Morgan fingerprint density at radius 3 is 2.55 bits per heavy atom. The number of hydrogen-bond donors (Lipinski definition) is 2. The number of nitrogens with zero attached hydrogens (tertiary/aromatic N) is 2. The number of phenols is 1. The second kappa shape index (κ2) is 11.0. The summed E-state index contributed by atoms with van der Waals surface area (Å²) >= 11 is 0. The second-order valence-corrected chi connectivity index (χ2v) is 8.68. The number of aromatic hydroxyl groups is 1. The summed E-state index contributed by atoms with van der Waals surface area (Å²) in [6.07, 6.45) is 3.89. The van der Waals surface area contributed by atoms with Crippen molar-refractivity contribution >= 4 is 0 Å². The number of hydroxylamine groups is 2. The van der Waals surface area contributed by atoms with Gasteiger partial charge in [0.1, 0.15) is 24.2 Å². The zero-order valence-electron chi connectivity index (χ0n) is 18.2. The first kappa shape index (κ1) is 22.1. The van der Waals surface area contributed by atoms with Gasteiger partial charge in [0.2, 0.25) is 0 Å². The lowest BCUT2D eigenvalue weighted by Gasteiger charge is -2.33. The molecule has 0 spiro atoms. The summed E-state index contributed by atoms with van der Waals surface area (Å²) in [6, 6.07) is 15.6. The van der Waals surface area contributed by atoms with E-state index in [9.17, 15) is 10.2 Å². The van der Waals surface area contributed by atoms with E-state index >= 15 is 0 Å². The average molecular weight is 427 g/mol. The molecule has 0 saturated carbocycles. The van der Waals surface area contributed by atoms with E-state index < -0.39 is 6.10 Å². The van der Waals surface area contributed by atoms with Gasteiger partial charge < -0.3 is 19.8 Å². The normalized spacial score (nSPS) is 19.9. The molecule has 4 rings (SSSR count).